The molecule has 0 radical (unpaired) electrons. The molecule has 0 saturated carbocycles. The van der Waals surface area contributed by atoms with Crippen molar-refractivity contribution in [1.82, 2.24) is 5.32 Å². The maximum Gasteiger partial charge on any atom is 0.127 e. The van der Waals surface area contributed by atoms with Crippen molar-refractivity contribution < 1.29 is 4.74 Å². The van der Waals surface area contributed by atoms with Crippen molar-refractivity contribution in [3.05, 3.63) is 28.8 Å². The summed E-state index contributed by atoms with van der Waals surface area (Å²) in [5.74, 6) is 1.12. The predicted molar refractivity (Wildman–Crippen MR) is 76.4 cm³/mol. The van der Waals surface area contributed by atoms with Gasteiger partial charge in [-0.05, 0) is 32.2 Å². The highest BCUT2D eigenvalue weighted by molar-refractivity contribution is 5.49. The van der Waals surface area contributed by atoms with Crippen molar-refractivity contribution in [2.45, 2.75) is 52.0 Å². The summed E-state index contributed by atoms with van der Waals surface area (Å²) < 4.78 is 6.05. The van der Waals surface area contributed by atoms with Gasteiger partial charge in [0.25, 0.3) is 0 Å². The second-order valence-corrected chi connectivity index (χ2v) is 6.31. The Hall–Kier alpha value is -1.02. The van der Waals surface area contributed by atoms with E-state index in [1.54, 1.807) is 0 Å². The van der Waals surface area contributed by atoms with Crippen LogP contribution >= 0.6 is 0 Å². The quantitative estimate of drug-likeness (QED) is 0.816. The van der Waals surface area contributed by atoms with Crippen LogP contribution in [0.3, 0.4) is 0 Å². The third-order valence-corrected chi connectivity index (χ3v) is 3.68. The Balaban J connectivity index is 2.60. The van der Waals surface area contributed by atoms with Crippen molar-refractivity contribution in [2.24, 2.45) is 0 Å². The zero-order valence-corrected chi connectivity index (χ0v) is 12.3. The molecule has 2 nitrogen and oxygen atoms in total. The van der Waals surface area contributed by atoms with Gasteiger partial charge < -0.3 is 10.1 Å². The van der Waals surface area contributed by atoms with Crippen LogP contribution in [0.4, 0.5) is 0 Å². The van der Waals surface area contributed by atoms with E-state index in [-0.39, 0.29) is 5.41 Å². The van der Waals surface area contributed by atoms with E-state index in [1.165, 1.54) is 16.7 Å². The van der Waals surface area contributed by atoms with Crippen LogP contribution < -0.4 is 10.1 Å². The first-order valence-electron chi connectivity index (χ1n) is 6.88. The number of hydrogen-bond acceptors (Lipinski definition) is 2. The molecule has 1 N–H and O–H groups in total. The highest BCUT2D eigenvalue weighted by Gasteiger charge is 2.26. The molecule has 1 aromatic carbocycles. The van der Waals surface area contributed by atoms with Gasteiger partial charge in [-0.3, -0.25) is 0 Å². The molecule has 1 unspecified atom stereocenters. The molecular formula is C16H25NO. The monoisotopic (exact) mass is 247 g/mol. The minimum absolute atomic E-state index is 0.124. The number of hydrogen-bond donors (Lipinski definition) is 1. The van der Waals surface area contributed by atoms with E-state index in [0.29, 0.717) is 6.04 Å². The summed E-state index contributed by atoms with van der Waals surface area (Å²) in [6.45, 7) is 9.77. The van der Waals surface area contributed by atoms with Gasteiger partial charge in [-0.25, -0.2) is 0 Å². The SMILES string of the molecule is CNC1CCCOc2c1cc(C)cc2C(C)(C)C. The molecule has 0 amide bonds. The fraction of sp³-hybridized carbons (Fsp3) is 0.625. The molecule has 0 aliphatic carbocycles. The molecule has 1 heterocycles. The van der Waals surface area contributed by atoms with E-state index in [0.717, 1.165) is 25.2 Å². The Morgan fingerprint density at radius 1 is 1.28 bits per heavy atom. The van der Waals surface area contributed by atoms with E-state index < -0.39 is 0 Å². The van der Waals surface area contributed by atoms with Crippen LogP contribution in [-0.4, -0.2) is 13.7 Å². The molecule has 1 atom stereocenters. The predicted octanol–water partition coefficient (Wildman–Crippen LogP) is 3.73. The van der Waals surface area contributed by atoms with E-state index >= 15 is 0 Å². The lowest BCUT2D eigenvalue weighted by Gasteiger charge is -2.26. The van der Waals surface area contributed by atoms with E-state index in [2.05, 4.69) is 45.1 Å². The molecule has 18 heavy (non-hydrogen) atoms. The highest BCUT2D eigenvalue weighted by Crippen LogP contribution is 2.40. The first-order chi connectivity index (χ1) is 8.43. The van der Waals surface area contributed by atoms with E-state index in [4.69, 9.17) is 4.74 Å². The topological polar surface area (TPSA) is 21.3 Å². The van der Waals surface area contributed by atoms with Gasteiger partial charge in [0.2, 0.25) is 0 Å². The zero-order chi connectivity index (χ0) is 13.3. The van der Waals surface area contributed by atoms with Gasteiger partial charge >= 0.3 is 0 Å². The summed E-state index contributed by atoms with van der Waals surface area (Å²) in [6.07, 6.45) is 2.26. The van der Waals surface area contributed by atoms with Crippen LogP contribution in [0, 0.1) is 6.92 Å². The maximum absolute atomic E-state index is 6.05. The Morgan fingerprint density at radius 3 is 2.61 bits per heavy atom. The van der Waals surface area contributed by atoms with Crippen LogP contribution in [0.1, 0.15) is 56.3 Å². The maximum atomic E-state index is 6.05. The molecule has 100 valence electrons. The second-order valence-electron chi connectivity index (χ2n) is 6.31. The first kappa shape index (κ1) is 13.4. The normalized spacial score (nSPS) is 19.9. The Bertz CT molecular complexity index is 431. The molecule has 2 heteroatoms. The molecule has 1 aliphatic heterocycles. The minimum Gasteiger partial charge on any atom is -0.493 e. The minimum atomic E-state index is 0.124. The summed E-state index contributed by atoms with van der Waals surface area (Å²) in [4.78, 5) is 0. The Labute approximate surface area is 111 Å². The smallest absolute Gasteiger partial charge is 0.127 e. The number of ether oxygens (including phenoxy) is 1. The third-order valence-electron chi connectivity index (χ3n) is 3.68. The van der Waals surface area contributed by atoms with Crippen molar-refractivity contribution in [3.63, 3.8) is 0 Å². The summed E-state index contributed by atoms with van der Waals surface area (Å²) in [7, 11) is 2.04. The molecule has 2 rings (SSSR count). The van der Waals surface area contributed by atoms with E-state index in [9.17, 15) is 0 Å². The summed E-state index contributed by atoms with van der Waals surface area (Å²) >= 11 is 0. The van der Waals surface area contributed by atoms with E-state index in [1.807, 2.05) is 7.05 Å². The van der Waals surface area contributed by atoms with Gasteiger partial charge in [-0.2, -0.15) is 0 Å². The largest absolute Gasteiger partial charge is 0.493 e. The lowest BCUT2D eigenvalue weighted by atomic mass is 9.83. The average Bonchev–Trinajstić information content (AvgIpc) is 2.48. The molecule has 1 aliphatic rings. The number of aryl methyl sites for hydroxylation is 1. The summed E-state index contributed by atoms with van der Waals surface area (Å²) in [5.41, 5.74) is 4.11. The molecule has 1 aromatic rings. The molecule has 0 spiro atoms. The summed E-state index contributed by atoms with van der Waals surface area (Å²) in [5, 5.41) is 3.43. The second kappa shape index (κ2) is 4.93. The van der Waals surface area contributed by atoms with Crippen LogP contribution in [0.25, 0.3) is 0 Å². The van der Waals surface area contributed by atoms with Gasteiger partial charge in [0.05, 0.1) is 6.61 Å². The fourth-order valence-corrected chi connectivity index (χ4v) is 2.70. The van der Waals surface area contributed by atoms with Gasteiger partial charge in [-0.15, -0.1) is 0 Å². The Morgan fingerprint density at radius 2 is 2.00 bits per heavy atom. The van der Waals surface area contributed by atoms with Crippen molar-refractivity contribution in [1.29, 1.82) is 0 Å². The molecule has 0 aromatic heterocycles. The van der Waals surface area contributed by atoms with Crippen LogP contribution in [0.2, 0.25) is 0 Å². The van der Waals surface area contributed by atoms with Crippen molar-refractivity contribution in [3.8, 4) is 5.75 Å². The lowest BCUT2D eigenvalue weighted by Crippen LogP contribution is -2.19. The highest BCUT2D eigenvalue weighted by atomic mass is 16.5. The molecular weight excluding hydrogens is 222 g/mol. The zero-order valence-electron chi connectivity index (χ0n) is 12.3. The summed E-state index contributed by atoms with van der Waals surface area (Å²) in [6, 6.07) is 4.97. The van der Waals surface area contributed by atoms with Gasteiger partial charge in [0.15, 0.2) is 0 Å². The van der Waals surface area contributed by atoms with Crippen LogP contribution in [-0.2, 0) is 5.41 Å². The first-order valence-corrected chi connectivity index (χ1v) is 6.88. The average molecular weight is 247 g/mol. The molecule has 0 bridgehead atoms. The number of rotatable bonds is 1. The van der Waals surface area contributed by atoms with Crippen molar-refractivity contribution >= 4 is 0 Å². The number of fused-ring (bicyclic) bond motifs is 1. The Kier molecular flexibility index (Phi) is 3.67. The van der Waals surface area contributed by atoms with Crippen LogP contribution in [0.15, 0.2) is 12.1 Å². The van der Waals surface area contributed by atoms with Crippen LogP contribution in [0.5, 0.6) is 5.75 Å². The van der Waals surface area contributed by atoms with Crippen molar-refractivity contribution in [2.75, 3.05) is 13.7 Å². The molecule has 0 fully saturated rings. The number of benzene rings is 1. The number of nitrogens with one attached hydrogen (secondary N) is 1. The molecule has 0 saturated heterocycles. The fourth-order valence-electron chi connectivity index (χ4n) is 2.70. The van der Waals surface area contributed by atoms with Gasteiger partial charge in [-0.1, -0.05) is 38.5 Å². The van der Waals surface area contributed by atoms with Gasteiger partial charge in [0, 0.05) is 17.2 Å². The standard InChI is InChI=1S/C16H25NO/c1-11-9-12-14(17-5)7-6-8-18-15(12)13(10-11)16(2,3)4/h9-10,14,17H,6-8H2,1-5H3. The van der Waals surface area contributed by atoms with Gasteiger partial charge in [0.1, 0.15) is 5.75 Å². The lowest BCUT2D eigenvalue weighted by molar-refractivity contribution is 0.307. The third kappa shape index (κ3) is 2.54.